The van der Waals surface area contributed by atoms with Crippen LogP contribution < -0.4 is 10.0 Å². The van der Waals surface area contributed by atoms with E-state index in [0.29, 0.717) is 34.3 Å². The largest absolute Gasteiger partial charge is 0.319 e. The third-order valence-corrected chi connectivity index (χ3v) is 5.28. The second kappa shape index (κ2) is 7.98. The van der Waals surface area contributed by atoms with Gasteiger partial charge in [0.25, 0.3) is 5.91 Å². The molecule has 0 heterocycles. The molecule has 0 aliphatic carbocycles. The molecule has 2 aromatic rings. The molecule has 0 aromatic heterocycles. The Morgan fingerprint density at radius 1 is 1.04 bits per heavy atom. The Morgan fingerprint density at radius 3 is 2.17 bits per heavy atom. The SMILES string of the molecule is CCCNS(=O)(=O)c1ccc(C(=O)Nc2c(Cl)cccc2Cl)cc1. The van der Waals surface area contributed by atoms with E-state index in [1.165, 1.54) is 24.3 Å². The Labute approximate surface area is 151 Å². The van der Waals surface area contributed by atoms with Crippen LogP contribution in [0.4, 0.5) is 5.69 Å². The highest BCUT2D eigenvalue weighted by molar-refractivity contribution is 7.89. The van der Waals surface area contributed by atoms with E-state index in [1.54, 1.807) is 18.2 Å². The summed E-state index contributed by atoms with van der Waals surface area (Å²) >= 11 is 12.0. The van der Waals surface area contributed by atoms with Crippen LogP contribution in [0.3, 0.4) is 0 Å². The molecule has 0 saturated carbocycles. The molecule has 1 amide bonds. The lowest BCUT2D eigenvalue weighted by atomic mass is 10.2. The summed E-state index contributed by atoms with van der Waals surface area (Å²) in [6, 6.07) is 10.5. The van der Waals surface area contributed by atoms with Gasteiger partial charge in [0.1, 0.15) is 0 Å². The van der Waals surface area contributed by atoms with Crippen molar-refractivity contribution in [2.75, 3.05) is 11.9 Å². The third-order valence-electron chi connectivity index (χ3n) is 3.17. The average Bonchev–Trinajstić information content (AvgIpc) is 2.56. The minimum absolute atomic E-state index is 0.100. The lowest BCUT2D eigenvalue weighted by molar-refractivity contribution is 0.102. The fourth-order valence-corrected chi connectivity index (χ4v) is 3.53. The number of carbonyl (C=O) groups excluding carboxylic acids is 1. The molecular weight excluding hydrogens is 371 g/mol. The molecule has 8 heteroatoms. The first-order chi connectivity index (χ1) is 11.3. The van der Waals surface area contributed by atoms with Gasteiger partial charge in [0.05, 0.1) is 20.6 Å². The maximum absolute atomic E-state index is 12.3. The molecule has 2 aromatic carbocycles. The van der Waals surface area contributed by atoms with E-state index in [9.17, 15) is 13.2 Å². The molecule has 2 rings (SSSR count). The van der Waals surface area contributed by atoms with Gasteiger partial charge in [-0.3, -0.25) is 4.79 Å². The molecular formula is C16H16Cl2N2O3S. The molecule has 2 N–H and O–H groups in total. The zero-order valence-corrected chi connectivity index (χ0v) is 15.2. The van der Waals surface area contributed by atoms with Crippen LogP contribution in [0.15, 0.2) is 47.4 Å². The second-order valence-corrected chi connectivity index (χ2v) is 7.55. The molecule has 0 radical (unpaired) electrons. The Kier molecular flexibility index (Phi) is 6.23. The van der Waals surface area contributed by atoms with Crippen LogP contribution in [-0.2, 0) is 10.0 Å². The van der Waals surface area contributed by atoms with E-state index in [4.69, 9.17) is 23.2 Å². The van der Waals surface area contributed by atoms with Crippen molar-refractivity contribution >= 4 is 44.8 Å². The van der Waals surface area contributed by atoms with Crippen molar-refractivity contribution in [3.8, 4) is 0 Å². The summed E-state index contributed by atoms with van der Waals surface area (Å²) in [5, 5.41) is 3.26. The first-order valence-corrected chi connectivity index (χ1v) is 9.44. The van der Waals surface area contributed by atoms with E-state index >= 15 is 0 Å². The van der Waals surface area contributed by atoms with Crippen molar-refractivity contribution in [3.05, 3.63) is 58.1 Å². The van der Waals surface area contributed by atoms with Crippen LogP contribution >= 0.6 is 23.2 Å². The van der Waals surface area contributed by atoms with E-state index < -0.39 is 15.9 Å². The normalized spacial score (nSPS) is 11.3. The minimum atomic E-state index is -3.56. The Balaban J connectivity index is 2.17. The van der Waals surface area contributed by atoms with E-state index in [-0.39, 0.29) is 4.90 Å². The molecule has 128 valence electrons. The summed E-state index contributed by atoms with van der Waals surface area (Å²) in [4.78, 5) is 12.4. The van der Waals surface area contributed by atoms with E-state index in [2.05, 4.69) is 10.0 Å². The molecule has 24 heavy (non-hydrogen) atoms. The van der Waals surface area contributed by atoms with Crippen molar-refractivity contribution in [1.82, 2.24) is 4.72 Å². The molecule has 0 atom stereocenters. The summed E-state index contributed by atoms with van der Waals surface area (Å²) in [6.45, 7) is 2.23. The Morgan fingerprint density at radius 2 is 1.62 bits per heavy atom. The zero-order chi connectivity index (χ0) is 17.7. The third kappa shape index (κ3) is 4.48. The number of benzene rings is 2. The van der Waals surface area contributed by atoms with Gasteiger partial charge in [-0.15, -0.1) is 0 Å². The molecule has 0 saturated heterocycles. The maximum Gasteiger partial charge on any atom is 0.255 e. The van der Waals surface area contributed by atoms with Gasteiger partial charge in [-0.05, 0) is 42.8 Å². The van der Waals surface area contributed by atoms with Crippen LogP contribution in [0.5, 0.6) is 0 Å². The fourth-order valence-electron chi connectivity index (χ4n) is 1.91. The van der Waals surface area contributed by atoms with E-state index in [1.807, 2.05) is 6.92 Å². The van der Waals surface area contributed by atoms with Crippen molar-refractivity contribution in [1.29, 1.82) is 0 Å². The van der Waals surface area contributed by atoms with Gasteiger partial charge in [-0.2, -0.15) is 0 Å². The predicted molar refractivity (Wildman–Crippen MR) is 96.3 cm³/mol. The topological polar surface area (TPSA) is 75.3 Å². The van der Waals surface area contributed by atoms with Crippen LogP contribution in [0.25, 0.3) is 0 Å². The summed E-state index contributed by atoms with van der Waals surface area (Å²) in [5.41, 5.74) is 0.604. The summed E-state index contributed by atoms with van der Waals surface area (Å²) in [6.07, 6.45) is 0.693. The quantitative estimate of drug-likeness (QED) is 0.789. The number of nitrogens with one attached hydrogen (secondary N) is 2. The lowest BCUT2D eigenvalue weighted by Crippen LogP contribution is -2.24. The summed E-state index contributed by atoms with van der Waals surface area (Å²) < 4.78 is 26.5. The number of hydrogen-bond acceptors (Lipinski definition) is 3. The number of carbonyl (C=O) groups is 1. The fraction of sp³-hybridized carbons (Fsp3) is 0.188. The number of sulfonamides is 1. The van der Waals surface area contributed by atoms with Gasteiger partial charge in [-0.25, -0.2) is 13.1 Å². The number of halogens is 2. The van der Waals surface area contributed by atoms with Crippen LogP contribution in [-0.4, -0.2) is 20.9 Å². The van der Waals surface area contributed by atoms with Gasteiger partial charge in [0, 0.05) is 12.1 Å². The predicted octanol–water partition coefficient (Wildman–Crippen LogP) is 3.93. The van der Waals surface area contributed by atoms with Crippen LogP contribution in [0.1, 0.15) is 23.7 Å². The van der Waals surface area contributed by atoms with Crippen LogP contribution in [0, 0.1) is 0 Å². The second-order valence-electron chi connectivity index (χ2n) is 4.97. The Hall–Kier alpha value is -1.60. The van der Waals surface area contributed by atoms with Gasteiger partial charge in [0.15, 0.2) is 0 Å². The monoisotopic (exact) mass is 386 g/mol. The van der Waals surface area contributed by atoms with Gasteiger partial charge < -0.3 is 5.32 Å². The number of rotatable bonds is 6. The Bertz CT molecular complexity index is 817. The number of para-hydroxylation sites is 1. The number of amides is 1. The van der Waals surface area contributed by atoms with Gasteiger partial charge in [-0.1, -0.05) is 36.2 Å². The summed E-state index contributed by atoms with van der Waals surface area (Å²) in [7, 11) is -3.56. The smallest absolute Gasteiger partial charge is 0.255 e. The highest BCUT2D eigenvalue weighted by Gasteiger charge is 2.15. The highest BCUT2D eigenvalue weighted by atomic mass is 35.5. The van der Waals surface area contributed by atoms with Crippen molar-refractivity contribution < 1.29 is 13.2 Å². The molecule has 0 aliphatic rings. The standard InChI is InChI=1S/C16H16Cl2N2O3S/c1-2-10-19-24(22,23)12-8-6-11(7-9-12)16(21)20-15-13(17)4-3-5-14(15)18/h3-9,19H,2,10H2,1H3,(H,20,21). The first-order valence-electron chi connectivity index (χ1n) is 7.20. The average molecular weight is 387 g/mol. The molecule has 0 aliphatic heterocycles. The van der Waals surface area contributed by atoms with Crippen molar-refractivity contribution in [3.63, 3.8) is 0 Å². The van der Waals surface area contributed by atoms with Crippen molar-refractivity contribution in [2.24, 2.45) is 0 Å². The highest BCUT2D eigenvalue weighted by Crippen LogP contribution is 2.30. The molecule has 0 unspecified atom stereocenters. The van der Waals surface area contributed by atoms with E-state index in [0.717, 1.165) is 0 Å². The number of anilines is 1. The zero-order valence-electron chi connectivity index (χ0n) is 12.8. The molecule has 0 spiro atoms. The molecule has 0 bridgehead atoms. The van der Waals surface area contributed by atoms with Gasteiger partial charge >= 0.3 is 0 Å². The lowest BCUT2D eigenvalue weighted by Gasteiger charge is -2.10. The first kappa shape index (κ1) is 18.7. The minimum Gasteiger partial charge on any atom is -0.319 e. The van der Waals surface area contributed by atoms with Crippen LogP contribution in [0.2, 0.25) is 10.0 Å². The number of hydrogen-bond donors (Lipinski definition) is 2. The van der Waals surface area contributed by atoms with Gasteiger partial charge in [0.2, 0.25) is 10.0 Å². The summed E-state index contributed by atoms with van der Waals surface area (Å²) in [5.74, 6) is -0.435. The van der Waals surface area contributed by atoms with Crippen molar-refractivity contribution in [2.45, 2.75) is 18.2 Å². The maximum atomic E-state index is 12.3. The molecule has 5 nitrogen and oxygen atoms in total. The molecule has 0 fully saturated rings.